The summed E-state index contributed by atoms with van der Waals surface area (Å²) in [5, 5.41) is 3.24. The predicted molar refractivity (Wildman–Crippen MR) is 114 cm³/mol. The molecule has 32 heavy (non-hydrogen) atoms. The molecule has 1 N–H and O–H groups in total. The van der Waals surface area contributed by atoms with Gasteiger partial charge in [0, 0.05) is 16.8 Å². The lowest BCUT2D eigenvalue weighted by atomic mass is 10.0. The number of carbonyl (C=O) groups is 2. The van der Waals surface area contributed by atoms with Crippen molar-refractivity contribution in [2.45, 2.75) is 6.36 Å². The summed E-state index contributed by atoms with van der Waals surface area (Å²) in [7, 11) is 0. The normalized spacial score (nSPS) is 14.2. The summed E-state index contributed by atoms with van der Waals surface area (Å²) in [6.07, 6.45) is -4.86. The monoisotopic (exact) mass is 458 g/mol. The summed E-state index contributed by atoms with van der Waals surface area (Å²) in [6.45, 7) is 0. The third-order valence-electron chi connectivity index (χ3n) is 4.57. The number of halogens is 4. The smallest absolute Gasteiger partial charge is 0.406 e. The maximum atomic E-state index is 13.3. The number of hydrogen-bond acceptors (Lipinski definition) is 4. The van der Waals surface area contributed by atoms with E-state index in [1.54, 1.807) is 42.5 Å². The van der Waals surface area contributed by atoms with Crippen LogP contribution in [-0.2, 0) is 9.59 Å². The highest BCUT2D eigenvalue weighted by Gasteiger charge is 2.40. The van der Waals surface area contributed by atoms with E-state index < -0.39 is 23.9 Å². The van der Waals surface area contributed by atoms with Crippen LogP contribution >= 0.6 is 11.6 Å². The van der Waals surface area contributed by atoms with Crippen molar-refractivity contribution in [1.82, 2.24) is 0 Å². The summed E-state index contributed by atoms with van der Waals surface area (Å²) in [4.78, 5) is 27.5. The number of hydrogen-bond donors (Lipinski definition) is 1. The lowest BCUT2D eigenvalue weighted by Crippen LogP contribution is -2.32. The number of rotatable bonds is 5. The highest BCUT2D eigenvalue weighted by molar-refractivity contribution is 6.46. The first kappa shape index (κ1) is 21.5. The van der Waals surface area contributed by atoms with Crippen molar-refractivity contribution in [3.63, 3.8) is 0 Å². The number of amides is 2. The van der Waals surface area contributed by atoms with Crippen molar-refractivity contribution in [3.8, 4) is 5.75 Å². The molecule has 0 bridgehead atoms. The fraction of sp³-hybridized carbons (Fsp3) is 0.0435. The van der Waals surface area contributed by atoms with Crippen LogP contribution < -0.4 is 15.0 Å². The Balaban J connectivity index is 1.75. The van der Waals surface area contributed by atoms with Gasteiger partial charge < -0.3 is 10.1 Å². The van der Waals surface area contributed by atoms with Gasteiger partial charge in [-0.1, -0.05) is 48.0 Å². The van der Waals surface area contributed by atoms with E-state index in [9.17, 15) is 22.8 Å². The average molecular weight is 459 g/mol. The van der Waals surface area contributed by atoms with Crippen LogP contribution in [0.5, 0.6) is 5.75 Å². The molecule has 0 spiro atoms. The first-order chi connectivity index (χ1) is 15.2. The third kappa shape index (κ3) is 4.45. The topological polar surface area (TPSA) is 58.6 Å². The second-order valence-electron chi connectivity index (χ2n) is 6.74. The summed E-state index contributed by atoms with van der Waals surface area (Å²) in [5.74, 6) is -1.69. The van der Waals surface area contributed by atoms with Crippen molar-refractivity contribution in [1.29, 1.82) is 0 Å². The molecule has 9 heteroatoms. The molecule has 0 aliphatic carbocycles. The summed E-state index contributed by atoms with van der Waals surface area (Å²) in [5.41, 5.74) is 0.957. The molecule has 0 unspecified atom stereocenters. The van der Waals surface area contributed by atoms with E-state index in [1.165, 1.54) is 24.3 Å². The van der Waals surface area contributed by atoms with E-state index in [2.05, 4.69) is 10.1 Å². The first-order valence-electron chi connectivity index (χ1n) is 9.30. The zero-order valence-corrected chi connectivity index (χ0v) is 16.9. The van der Waals surface area contributed by atoms with Crippen molar-refractivity contribution < 1.29 is 27.5 Å². The average Bonchev–Trinajstić information content (AvgIpc) is 2.98. The zero-order chi connectivity index (χ0) is 22.9. The Bertz CT molecular complexity index is 1210. The molecule has 4 rings (SSSR count). The van der Waals surface area contributed by atoms with Gasteiger partial charge in [0.15, 0.2) is 0 Å². The Morgan fingerprint density at radius 2 is 1.53 bits per heavy atom. The van der Waals surface area contributed by atoms with Gasteiger partial charge in [0.25, 0.3) is 11.8 Å². The second kappa shape index (κ2) is 8.39. The van der Waals surface area contributed by atoms with Crippen LogP contribution in [0.2, 0.25) is 5.02 Å². The van der Waals surface area contributed by atoms with E-state index in [4.69, 9.17) is 11.6 Å². The van der Waals surface area contributed by atoms with Gasteiger partial charge in [-0.3, -0.25) is 9.59 Å². The van der Waals surface area contributed by atoms with E-state index in [-0.39, 0.29) is 17.0 Å². The van der Waals surface area contributed by atoms with E-state index in [0.717, 1.165) is 17.0 Å². The van der Waals surface area contributed by atoms with E-state index in [0.29, 0.717) is 16.3 Å². The minimum atomic E-state index is -4.86. The van der Waals surface area contributed by atoms with Crippen molar-refractivity contribution in [2.24, 2.45) is 0 Å². The maximum Gasteiger partial charge on any atom is 0.573 e. The fourth-order valence-electron chi connectivity index (χ4n) is 3.26. The minimum Gasteiger partial charge on any atom is -0.406 e. The molecule has 0 radical (unpaired) electrons. The van der Waals surface area contributed by atoms with Crippen LogP contribution in [0.15, 0.2) is 84.6 Å². The highest BCUT2D eigenvalue weighted by Crippen LogP contribution is 2.35. The summed E-state index contributed by atoms with van der Waals surface area (Å²) < 4.78 is 41.7. The summed E-state index contributed by atoms with van der Waals surface area (Å²) in [6, 6.07) is 19.7. The van der Waals surface area contributed by atoms with Gasteiger partial charge in [-0.15, -0.1) is 13.2 Å². The molecule has 2 amide bonds. The van der Waals surface area contributed by atoms with Gasteiger partial charge in [0.2, 0.25) is 0 Å². The fourth-order valence-corrected chi connectivity index (χ4v) is 3.38. The van der Waals surface area contributed by atoms with Crippen LogP contribution in [-0.4, -0.2) is 18.2 Å². The number of ether oxygens (including phenoxy) is 1. The number of anilines is 2. The van der Waals surface area contributed by atoms with E-state index >= 15 is 0 Å². The molecule has 0 saturated heterocycles. The zero-order valence-electron chi connectivity index (χ0n) is 16.2. The lowest BCUT2D eigenvalue weighted by Gasteiger charge is -2.15. The van der Waals surface area contributed by atoms with Gasteiger partial charge in [0.05, 0.1) is 11.3 Å². The number of imide groups is 1. The number of alkyl halides is 3. The third-order valence-corrected chi connectivity index (χ3v) is 4.82. The van der Waals surface area contributed by atoms with Crippen LogP contribution in [0.1, 0.15) is 5.56 Å². The predicted octanol–water partition coefficient (Wildman–Crippen LogP) is 5.64. The Kier molecular flexibility index (Phi) is 5.63. The molecule has 1 heterocycles. The van der Waals surface area contributed by atoms with Gasteiger partial charge >= 0.3 is 6.36 Å². The molecule has 5 nitrogen and oxygen atoms in total. The maximum absolute atomic E-state index is 13.3. The molecule has 0 fully saturated rings. The quantitative estimate of drug-likeness (QED) is 0.503. The molecule has 0 aromatic heterocycles. The Hall–Kier alpha value is -3.78. The lowest BCUT2D eigenvalue weighted by molar-refractivity contribution is -0.274. The van der Waals surface area contributed by atoms with Crippen LogP contribution in [0.3, 0.4) is 0 Å². The molecule has 1 aliphatic heterocycles. The molecule has 1 aliphatic rings. The number of benzene rings is 3. The minimum absolute atomic E-state index is 0.0692. The van der Waals surface area contributed by atoms with Gasteiger partial charge in [0.1, 0.15) is 11.4 Å². The number of carbonyl (C=O) groups excluding carboxylic acids is 2. The van der Waals surface area contributed by atoms with Crippen LogP contribution in [0, 0.1) is 0 Å². The first-order valence-corrected chi connectivity index (χ1v) is 9.67. The van der Waals surface area contributed by atoms with Crippen molar-refractivity contribution in [2.75, 3.05) is 10.2 Å². The molecule has 0 atom stereocenters. The molecular weight excluding hydrogens is 445 g/mol. The Morgan fingerprint density at radius 1 is 0.844 bits per heavy atom. The number of nitrogens with zero attached hydrogens (tertiary/aromatic N) is 1. The van der Waals surface area contributed by atoms with E-state index in [1.807, 2.05) is 0 Å². The number of nitrogens with one attached hydrogen (secondary N) is 1. The van der Waals surface area contributed by atoms with Crippen LogP contribution in [0.4, 0.5) is 24.5 Å². The Labute approximate surface area is 185 Å². The SMILES string of the molecule is O=C1C(Nc2cccc(OC(F)(F)F)c2)=C(c2ccccc2)C(=O)N1c1ccc(Cl)cc1. The highest BCUT2D eigenvalue weighted by atomic mass is 35.5. The molecule has 3 aromatic carbocycles. The summed E-state index contributed by atoms with van der Waals surface area (Å²) >= 11 is 5.91. The molecule has 162 valence electrons. The largest absolute Gasteiger partial charge is 0.573 e. The standard InChI is InChI=1S/C23H14ClF3N2O3/c24-15-9-11-17(12-10-15)29-21(30)19(14-5-2-1-3-6-14)20(22(29)31)28-16-7-4-8-18(13-16)32-23(25,26)27/h1-13,28H. The molecular formula is C23H14ClF3N2O3. The molecule has 0 saturated carbocycles. The second-order valence-corrected chi connectivity index (χ2v) is 7.18. The Morgan fingerprint density at radius 3 is 2.19 bits per heavy atom. The van der Waals surface area contributed by atoms with Gasteiger partial charge in [-0.25, -0.2) is 4.90 Å². The van der Waals surface area contributed by atoms with Gasteiger partial charge in [-0.2, -0.15) is 0 Å². The van der Waals surface area contributed by atoms with Crippen LogP contribution in [0.25, 0.3) is 5.57 Å². The van der Waals surface area contributed by atoms with Crippen molar-refractivity contribution >= 4 is 40.4 Å². The van der Waals surface area contributed by atoms with Gasteiger partial charge in [-0.05, 0) is 42.0 Å². The van der Waals surface area contributed by atoms with Crippen molar-refractivity contribution in [3.05, 3.63) is 95.1 Å². The molecule has 3 aromatic rings.